The second kappa shape index (κ2) is 6.04. The van der Waals surface area contributed by atoms with Gasteiger partial charge in [-0.25, -0.2) is 9.59 Å². The normalized spacial score (nSPS) is 11.4. The van der Waals surface area contributed by atoms with E-state index in [9.17, 15) is 19.5 Å². The first-order valence-corrected chi connectivity index (χ1v) is 7.26. The van der Waals surface area contributed by atoms with Crippen LogP contribution in [0.15, 0.2) is 35.3 Å². The van der Waals surface area contributed by atoms with Crippen LogP contribution in [0, 0.1) is 0 Å². The zero-order chi connectivity index (χ0) is 17.3. The number of fused-ring (bicyclic) bond motifs is 3. The number of pyridine rings is 1. The Morgan fingerprint density at radius 1 is 1.33 bits per heavy atom. The number of esters is 1. The lowest BCUT2D eigenvalue weighted by molar-refractivity contribution is -0.137. The smallest absolute Gasteiger partial charge is 0.337 e. The van der Waals surface area contributed by atoms with Crippen LogP contribution in [-0.2, 0) is 9.53 Å². The van der Waals surface area contributed by atoms with Crippen LogP contribution in [-0.4, -0.2) is 33.6 Å². The van der Waals surface area contributed by atoms with Crippen molar-refractivity contribution < 1.29 is 19.4 Å². The van der Waals surface area contributed by atoms with Crippen LogP contribution in [0.3, 0.4) is 0 Å². The molecule has 0 aliphatic carbocycles. The van der Waals surface area contributed by atoms with E-state index in [-0.39, 0.29) is 23.2 Å². The van der Waals surface area contributed by atoms with Gasteiger partial charge in [-0.05, 0) is 30.7 Å². The number of hydrogen-bond donors (Lipinski definition) is 3. The molecule has 2 aromatic heterocycles. The third-order valence-corrected chi connectivity index (χ3v) is 3.60. The molecule has 0 spiro atoms. The highest BCUT2D eigenvalue weighted by molar-refractivity contribution is 6.14. The van der Waals surface area contributed by atoms with E-state index < -0.39 is 11.9 Å². The van der Waals surface area contributed by atoms with Gasteiger partial charge in [0.15, 0.2) is 0 Å². The van der Waals surface area contributed by atoms with E-state index in [0.717, 1.165) is 0 Å². The second-order valence-electron chi connectivity index (χ2n) is 5.10. The van der Waals surface area contributed by atoms with Crippen LogP contribution in [0.25, 0.3) is 27.9 Å². The number of aromatic carboxylic acids is 1. The van der Waals surface area contributed by atoms with Gasteiger partial charge >= 0.3 is 11.9 Å². The largest absolute Gasteiger partial charge is 0.478 e. The Balaban J connectivity index is 2.21. The minimum absolute atomic E-state index is 0.0209. The Morgan fingerprint density at radius 2 is 2.12 bits per heavy atom. The topological polar surface area (TPSA) is 112 Å². The molecule has 3 rings (SSSR count). The maximum atomic E-state index is 12.0. The van der Waals surface area contributed by atoms with Crippen molar-refractivity contribution in [2.45, 2.75) is 6.92 Å². The number of carbonyl (C=O) groups is 2. The van der Waals surface area contributed by atoms with Crippen LogP contribution in [0.1, 0.15) is 22.8 Å². The van der Waals surface area contributed by atoms with Gasteiger partial charge in [0.05, 0.1) is 12.2 Å². The summed E-state index contributed by atoms with van der Waals surface area (Å²) in [6.45, 7) is 2.00. The van der Waals surface area contributed by atoms with E-state index in [1.807, 2.05) is 0 Å². The molecule has 0 unspecified atom stereocenters. The standard InChI is InChI=1S/C17H14N2O5/c1-2-24-13(20)6-4-9-3-5-12-10(7-9)14-11(17(22)23)8-18-15(14)16(21)19-12/h3-8,18H,2H2,1H3,(H,19,21)(H,22,23). The number of carboxylic acids is 1. The Hall–Kier alpha value is -3.35. The number of carboxylic acid groups (broad SMARTS) is 1. The summed E-state index contributed by atoms with van der Waals surface area (Å²) < 4.78 is 4.82. The van der Waals surface area contributed by atoms with E-state index in [1.54, 1.807) is 31.2 Å². The summed E-state index contributed by atoms with van der Waals surface area (Å²) in [7, 11) is 0. The predicted octanol–water partition coefficient (Wildman–Crippen LogP) is 2.28. The van der Waals surface area contributed by atoms with Gasteiger partial charge in [-0.2, -0.15) is 0 Å². The lowest BCUT2D eigenvalue weighted by Gasteiger charge is -2.03. The van der Waals surface area contributed by atoms with Crippen molar-refractivity contribution in [1.82, 2.24) is 9.97 Å². The Labute approximate surface area is 135 Å². The van der Waals surface area contributed by atoms with E-state index in [0.29, 0.717) is 21.9 Å². The fraction of sp³-hybridized carbons (Fsp3) is 0.118. The average molecular weight is 326 g/mol. The van der Waals surface area contributed by atoms with E-state index >= 15 is 0 Å². The quantitative estimate of drug-likeness (QED) is 0.503. The molecule has 0 atom stereocenters. The monoisotopic (exact) mass is 326 g/mol. The zero-order valence-electron chi connectivity index (χ0n) is 12.8. The van der Waals surface area contributed by atoms with Crippen molar-refractivity contribution in [2.75, 3.05) is 6.61 Å². The highest BCUT2D eigenvalue weighted by Crippen LogP contribution is 2.26. The summed E-state index contributed by atoms with van der Waals surface area (Å²) in [5, 5.41) is 10.2. The number of aromatic amines is 2. The lowest BCUT2D eigenvalue weighted by Crippen LogP contribution is -2.07. The molecule has 7 heteroatoms. The Bertz CT molecular complexity index is 1040. The molecular formula is C17H14N2O5. The fourth-order valence-corrected chi connectivity index (χ4v) is 2.57. The number of nitrogens with one attached hydrogen (secondary N) is 2. The summed E-state index contributed by atoms with van der Waals surface area (Å²) in [6, 6.07) is 5.09. The summed E-state index contributed by atoms with van der Waals surface area (Å²) in [5.74, 6) is -1.59. The number of benzene rings is 1. The summed E-state index contributed by atoms with van der Waals surface area (Å²) in [6.07, 6.45) is 4.16. The van der Waals surface area contributed by atoms with Crippen LogP contribution in [0.4, 0.5) is 0 Å². The number of H-pyrrole nitrogens is 2. The maximum Gasteiger partial charge on any atom is 0.337 e. The summed E-state index contributed by atoms with van der Waals surface area (Å²) in [4.78, 5) is 40.2. The van der Waals surface area contributed by atoms with Crippen LogP contribution in [0.2, 0.25) is 0 Å². The highest BCUT2D eigenvalue weighted by Gasteiger charge is 2.16. The first-order chi connectivity index (χ1) is 11.5. The molecule has 0 aliphatic heterocycles. The molecule has 0 bridgehead atoms. The Kier molecular flexibility index (Phi) is 3.91. The molecule has 2 heterocycles. The molecule has 1 aromatic carbocycles. The minimum Gasteiger partial charge on any atom is -0.478 e. The van der Waals surface area contributed by atoms with Gasteiger partial charge in [0.2, 0.25) is 0 Å². The molecule has 0 aliphatic rings. The van der Waals surface area contributed by atoms with Gasteiger partial charge in [-0.15, -0.1) is 0 Å². The van der Waals surface area contributed by atoms with Gasteiger partial charge in [0.1, 0.15) is 5.52 Å². The van der Waals surface area contributed by atoms with Crippen molar-refractivity contribution in [1.29, 1.82) is 0 Å². The molecule has 0 saturated heterocycles. The molecule has 0 radical (unpaired) electrons. The summed E-state index contributed by atoms with van der Waals surface area (Å²) in [5.41, 5.74) is 1.03. The van der Waals surface area contributed by atoms with Gasteiger partial charge in [-0.3, -0.25) is 4.79 Å². The van der Waals surface area contributed by atoms with Gasteiger partial charge in [0, 0.05) is 28.6 Å². The first-order valence-electron chi connectivity index (χ1n) is 7.26. The second-order valence-corrected chi connectivity index (χ2v) is 5.10. The Morgan fingerprint density at radius 3 is 2.83 bits per heavy atom. The molecule has 0 saturated carbocycles. The van der Waals surface area contributed by atoms with Gasteiger partial charge < -0.3 is 19.8 Å². The fourth-order valence-electron chi connectivity index (χ4n) is 2.57. The molecule has 122 valence electrons. The number of carbonyl (C=O) groups excluding carboxylic acids is 1. The average Bonchev–Trinajstić information content (AvgIpc) is 3.00. The van der Waals surface area contributed by atoms with E-state index in [4.69, 9.17) is 4.74 Å². The molecule has 0 amide bonds. The van der Waals surface area contributed by atoms with Crippen molar-refractivity contribution in [3.8, 4) is 0 Å². The number of ether oxygens (including phenoxy) is 1. The predicted molar refractivity (Wildman–Crippen MR) is 89.1 cm³/mol. The highest BCUT2D eigenvalue weighted by atomic mass is 16.5. The number of aromatic nitrogens is 2. The zero-order valence-corrected chi connectivity index (χ0v) is 12.8. The maximum absolute atomic E-state index is 12.0. The molecule has 3 N–H and O–H groups in total. The van der Waals surface area contributed by atoms with Crippen LogP contribution in [0.5, 0.6) is 0 Å². The number of hydrogen-bond acceptors (Lipinski definition) is 4. The molecule has 7 nitrogen and oxygen atoms in total. The van der Waals surface area contributed by atoms with Gasteiger partial charge in [-0.1, -0.05) is 6.07 Å². The van der Waals surface area contributed by atoms with Crippen molar-refractivity contribution >= 4 is 39.8 Å². The third kappa shape index (κ3) is 2.67. The van der Waals surface area contributed by atoms with E-state index in [2.05, 4.69) is 9.97 Å². The molecular weight excluding hydrogens is 312 g/mol. The molecule has 0 fully saturated rings. The van der Waals surface area contributed by atoms with Gasteiger partial charge in [0.25, 0.3) is 5.56 Å². The molecule has 24 heavy (non-hydrogen) atoms. The minimum atomic E-state index is -1.12. The SMILES string of the molecule is CCOC(=O)C=Cc1ccc2[nH]c(=O)c3[nH]cc(C(=O)O)c3c2c1. The third-order valence-electron chi connectivity index (χ3n) is 3.60. The number of rotatable bonds is 4. The lowest BCUT2D eigenvalue weighted by atomic mass is 10.0. The first kappa shape index (κ1) is 15.5. The molecule has 3 aromatic rings. The van der Waals surface area contributed by atoms with Crippen molar-refractivity contribution in [3.63, 3.8) is 0 Å². The van der Waals surface area contributed by atoms with Crippen LogP contribution < -0.4 is 5.56 Å². The van der Waals surface area contributed by atoms with Crippen molar-refractivity contribution in [3.05, 3.63) is 52.0 Å². The van der Waals surface area contributed by atoms with E-state index in [1.165, 1.54) is 12.3 Å². The van der Waals surface area contributed by atoms with Crippen molar-refractivity contribution in [2.24, 2.45) is 0 Å². The van der Waals surface area contributed by atoms with Crippen LogP contribution >= 0.6 is 0 Å². The summed E-state index contributed by atoms with van der Waals surface area (Å²) >= 11 is 0.